The Bertz CT molecular complexity index is 850. The molecule has 0 atom stereocenters. The first kappa shape index (κ1) is 17.1. The Morgan fingerprint density at radius 2 is 1.88 bits per heavy atom. The number of halogens is 2. The summed E-state index contributed by atoms with van der Waals surface area (Å²) in [5.41, 5.74) is 1.49. The number of carbonyl (C=O) groups excluding carboxylic acids is 1. The molecular formula is C17H13BrFN3O3. The zero-order valence-corrected chi connectivity index (χ0v) is 14.5. The zero-order valence-electron chi connectivity index (χ0n) is 12.9. The van der Waals surface area contributed by atoms with Crippen LogP contribution in [0.2, 0.25) is 0 Å². The first-order valence-electron chi connectivity index (χ1n) is 7.34. The molecule has 3 rings (SSSR count). The molecule has 0 fully saturated rings. The Labute approximate surface area is 151 Å². The molecule has 2 aromatic carbocycles. The number of benzene rings is 2. The molecule has 0 aliphatic carbocycles. The number of nitrogens with one attached hydrogen (secondary N) is 1. The van der Waals surface area contributed by atoms with E-state index in [2.05, 4.69) is 31.4 Å². The van der Waals surface area contributed by atoms with E-state index in [1.165, 1.54) is 12.1 Å². The number of amides is 1. The fourth-order valence-corrected chi connectivity index (χ4v) is 2.28. The molecule has 8 heteroatoms. The van der Waals surface area contributed by atoms with Gasteiger partial charge in [-0.15, -0.1) is 0 Å². The molecule has 25 heavy (non-hydrogen) atoms. The Balaban J connectivity index is 1.50. The molecule has 0 radical (unpaired) electrons. The predicted octanol–water partition coefficient (Wildman–Crippen LogP) is 3.58. The minimum atomic E-state index is -0.347. The van der Waals surface area contributed by atoms with Gasteiger partial charge in [0, 0.05) is 16.6 Å². The molecule has 1 amide bonds. The Hall–Kier alpha value is -2.74. The van der Waals surface area contributed by atoms with Crippen LogP contribution in [0.5, 0.6) is 6.08 Å². The third-order valence-corrected chi connectivity index (χ3v) is 3.71. The van der Waals surface area contributed by atoms with Gasteiger partial charge in [0.25, 0.3) is 5.91 Å². The molecule has 0 aliphatic rings. The second kappa shape index (κ2) is 7.89. The van der Waals surface area contributed by atoms with Crippen LogP contribution in [0, 0.1) is 5.82 Å². The molecule has 1 aromatic heterocycles. The van der Waals surface area contributed by atoms with Crippen molar-refractivity contribution in [1.29, 1.82) is 0 Å². The van der Waals surface area contributed by atoms with Gasteiger partial charge in [0.2, 0.25) is 0 Å². The van der Waals surface area contributed by atoms with E-state index in [4.69, 9.17) is 9.26 Å². The number of carbonyl (C=O) groups is 1. The van der Waals surface area contributed by atoms with E-state index in [-0.39, 0.29) is 24.4 Å². The van der Waals surface area contributed by atoms with E-state index < -0.39 is 0 Å². The molecule has 128 valence electrons. The summed E-state index contributed by atoms with van der Waals surface area (Å²) in [6, 6.07) is 13.1. The van der Waals surface area contributed by atoms with E-state index in [1.807, 2.05) is 12.1 Å². The van der Waals surface area contributed by atoms with E-state index in [1.54, 1.807) is 24.3 Å². The first-order valence-corrected chi connectivity index (χ1v) is 8.13. The molecule has 3 aromatic rings. The minimum absolute atomic E-state index is 0.0944. The number of anilines is 1. The maximum atomic E-state index is 12.9. The third kappa shape index (κ3) is 5.12. The number of ether oxygens (including phenoxy) is 1. The van der Waals surface area contributed by atoms with Crippen LogP contribution in [0.15, 0.2) is 57.5 Å². The fraction of sp³-hybridized carbons (Fsp3) is 0.118. The lowest BCUT2D eigenvalue weighted by molar-refractivity contribution is -0.118. The van der Waals surface area contributed by atoms with Crippen molar-refractivity contribution in [2.75, 3.05) is 11.9 Å². The standard InChI is InChI=1S/C17H13BrFN3O3/c18-12-3-7-14(8-4-12)20-16(23)10-24-17-21-15(22-25-17)9-11-1-5-13(19)6-2-11/h1-8H,9-10H2,(H,20,23). The monoisotopic (exact) mass is 405 g/mol. The summed E-state index contributed by atoms with van der Waals surface area (Å²) < 4.78 is 23.9. The van der Waals surface area contributed by atoms with Crippen molar-refractivity contribution in [3.8, 4) is 6.08 Å². The van der Waals surface area contributed by atoms with Crippen molar-refractivity contribution in [2.24, 2.45) is 0 Å². The van der Waals surface area contributed by atoms with Gasteiger partial charge in [0.1, 0.15) is 5.82 Å². The summed E-state index contributed by atoms with van der Waals surface area (Å²) in [5, 5.41) is 6.44. The maximum absolute atomic E-state index is 12.9. The van der Waals surface area contributed by atoms with E-state index >= 15 is 0 Å². The topological polar surface area (TPSA) is 77.2 Å². The fourth-order valence-electron chi connectivity index (χ4n) is 2.01. The number of hydrogen-bond acceptors (Lipinski definition) is 5. The summed E-state index contributed by atoms with van der Waals surface area (Å²) >= 11 is 3.32. The van der Waals surface area contributed by atoms with Gasteiger partial charge in [0.15, 0.2) is 12.4 Å². The van der Waals surface area contributed by atoms with Crippen LogP contribution in [0.3, 0.4) is 0 Å². The molecule has 6 nitrogen and oxygen atoms in total. The van der Waals surface area contributed by atoms with E-state index in [0.717, 1.165) is 10.0 Å². The van der Waals surface area contributed by atoms with Crippen molar-refractivity contribution in [3.63, 3.8) is 0 Å². The Kier molecular flexibility index (Phi) is 5.39. The molecule has 1 N–H and O–H groups in total. The van der Waals surface area contributed by atoms with Crippen molar-refractivity contribution < 1.29 is 18.4 Å². The summed E-state index contributed by atoms with van der Waals surface area (Å²) in [6.45, 7) is -0.256. The second-order valence-corrected chi connectivity index (χ2v) is 6.04. The van der Waals surface area contributed by atoms with Gasteiger partial charge in [-0.05, 0) is 42.0 Å². The van der Waals surface area contributed by atoms with E-state index in [9.17, 15) is 9.18 Å². The largest absolute Gasteiger partial charge is 0.439 e. The lowest BCUT2D eigenvalue weighted by Crippen LogP contribution is -2.20. The van der Waals surface area contributed by atoms with Gasteiger partial charge >= 0.3 is 6.08 Å². The summed E-state index contributed by atoms with van der Waals surface area (Å²) in [5.74, 6) is -0.270. The molecule has 0 spiro atoms. The number of aromatic nitrogens is 2. The van der Waals surface area contributed by atoms with Crippen molar-refractivity contribution in [3.05, 3.63) is 70.2 Å². The van der Waals surface area contributed by atoms with Crippen molar-refractivity contribution in [2.45, 2.75) is 6.42 Å². The predicted molar refractivity (Wildman–Crippen MR) is 91.8 cm³/mol. The number of hydrogen-bond donors (Lipinski definition) is 1. The SMILES string of the molecule is O=C(COc1nc(Cc2ccc(F)cc2)no1)Nc1ccc(Br)cc1. The van der Waals surface area contributed by atoms with Crippen LogP contribution in [-0.4, -0.2) is 22.7 Å². The smallest absolute Gasteiger partial charge is 0.417 e. The summed E-state index contributed by atoms with van der Waals surface area (Å²) in [6.07, 6.45) is 0.279. The molecule has 0 saturated heterocycles. The minimum Gasteiger partial charge on any atom is -0.439 e. The summed E-state index contributed by atoms with van der Waals surface area (Å²) in [4.78, 5) is 15.9. The third-order valence-electron chi connectivity index (χ3n) is 3.18. The number of rotatable bonds is 6. The summed E-state index contributed by atoms with van der Waals surface area (Å²) in [7, 11) is 0. The van der Waals surface area contributed by atoms with Crippen LogP contribution in [0.1, 0.15) is 11.4 Å². The van der Waals surface area contributed by atoms with E-state index in [0.29, 0.717) is 17.9 Å². The highest BCUT2D eigenvalue weighted by Gasteiger charge is 2.11. The molecule has 0 aliphatic heterocycles. The second-order valence-electron chi connectivity index (χ2n) is 5.12. The van der Waals surface area contributed by atoms with Gasteiger partial charge < -0.3 is 10.1 Å². The lowest BCUT2D eigenvalue weighted by Gasteiger charge is -2.04. The van der Waals surface area contributed by atoms with Crippen LogP contribution in [0.4, 0.5) is 10.1 Å². The van der Waals surface area contributed by atoms with Gasteiger partial charge in [-0.1, -0.05) is 33.2 Å². The van der Waals surface area contributed by atoms with Gasteiger partial charge in [-0.25, -0.2) is 4.39 Å². The maximum Gasteiger partial charge on any atom is 0.417 e. The average Bonchev–Trinajstić information content (AvgIpc) is 3.05. The van der Waals surface area contributed by atoms with Gasteiger partial charge in [0.05, 0.1) is 0 Å². The Morgan fingerprint density at radius 3 is 2.60 bits per heavy atom. The molecule has 0 unspecified atom stereocenters. The quantitative estimate of drug-likeness (QED) is 0.677. The van der Waals surface area contributed by atoms with Crippen molar-refractivity contribution in [1.82, 2.24) is 10.1 Å². The van der Waals surface area contributed by atoms with Gasteiger partial charge in [-0.2, -0.15) is 4.98 Å². The zero-order chi connectivity index (χ0) is 17.6. The highest BCUT2D eigenvalue weighted by atomic mass is 79.9. The van der Waals surface area contributed by atoms with Crippen LogP contribution < -0.4 is 10.1 Å². The molecule has 0 saturated carbocycles. The highest BCUT2D eigenvalue weighted by molar-refractivity contribution is 9.10. The van der Waals surface area contributed by atoms with Crippen LogP contribution >= 0.6 is 15.9 Å². The highest BCUT2D eigenvalue weighted by Crippen LogP contribution is 2.15. The number of nitrogens with zero attached hydrogens (tertiary/aromatic N) is 2. The van der Waals surface area contributed by atoms with Gasteiger partial charge in [-0.3, -0.25) is 9.32 Å². The molecule has 1 heterocycles. The first-order chi connectivity index (χ1) is 12.1. The normalized spacial score (nSPS) is 10.5. The Morgan fingerprint density at radius 1 is 1.16 bits per heavy atom. The lowest BCUT2D eigenvalue weighted by atomic mass is 10.1. The molecule has 0 bridgehead atoms. The average molecular weight is 406 g/mol. The molecular weight excluding hydrogens is 393 g/mol. The van der Waals surface area contributed by atoms with Crippen LogP contribution in [-0.2, 0) is 11.2 Å². The van der Waals surface area contributed by atoms with Crippen LogP contribution in [0.25, 0.3) is 0 Å². The van der Waals surface area contributed by atoms with Crippen molar-refractivity contribution >= 4 is 27.5 Å².